The van der Waals surface area contributed by atoms with Crippen LogP contribution in [0.25, 0.3) is 0 Å². The van der Waals surface area contributed by atoms with Gasteiger partial charge in [0, 0.05) is 11.3 Å². The van der Waals surface area contributed by atoms with Crippen molar-refractivity contribution in [1.82, 2.24) is 0 Å². The van der Waals surface area contributed by atoms with Gasteiger partial charge in [0.1, 0.15) is 0 Å². The van der Waals surface area contributed by atoms with E-state index in [-0.39, 0.29) is 11.5 Å². The van der Waals surface area contributed by atoms with Crippen LogP contribution in [0.5, 0.6) is 0 Å². The molecule has 16 heavy (non-hydrogen) atoms. The summed E-state index contributed by atoms with van der Waals surface area (Å²) in [6.45, 7) is 0. The molecule has 0 aromatic carbocycles. The highest BCUT2D eigenvalue weighted by Crippen LogP contribution is 2.49. The summed E-state index contributed by atoms with van der Waals surface area (Å²) in [7, 11) is 0. The van der Waals surface area contributed by atoms with E-state index in [2.05, 4.69) is 34.1 Å². The Kier molecular flexibility index (Phi) is 2.58. The molecule has 3 unspecified atom stereocenters. The molecule has 1 aromatic heterocycles. The van der Waals surface area contributed by atoms with Crippen molar-refractivity contribution in [1.29, 1.82) is 5.26 Å². The van der Waals surface area contributed by atoms with Crippen LogP contribution in [-0.4, -0.2) is 12.2 Å². The van der Waals surface area contributed by atoms with Gasteiger partial charge in [-0.05, 0) is 47.3 Å². The zero-order valence-electron chi connectivity index (χ0n) is 8.78. The van der Waals surface area contributed by atoms with Crippen molar-refractivity contribution in [3.05, 3.63) is 20.8 Å². The summed E-state index contributed by atoms with van der Waals surface area (Å²) in [6, 6.07) is 6.70. The van der Waals surface area contributed by atoms with Crippen LogP contribution in [0.3, 0.4) is 0 Å². The average Bonchev–Trinajstić information content (AvgIpc) is 2.94. The SMILES string of the molecule is N#CC1(Cc2ccc(Br)s2)CC2CCC1O2. The molecule has 2 nitrogen and oxygen atoms in total. The van der Waals surface area contributed by atoms with E-state index in [0.29, 0.717) is 6.10 Å². The zero-order chi connectivity index (χ0) is 11.2. The fourth-order valence-corrected chi connectivity index (χ4v) is 4.51. The summed E-state index contributed by atoms with van der Waals surface area (Å²) in [5.41, 5.74) is -0.257. The Morgan fingerprint density at radius 1 is 1.56 bits per heavy atom. The van der Waals surface area contributed by atoms with Crippen molar-refractivity contribution in [2.75, 3.05) is 0 Å². The molecule has 0 saturated carbocycles. The molecule has 3 heterocycles. The van der Waals surface area contributed by atoms with Crippen LogP contribution in [0.2, 0.25) is 0 Å². The van der Waals surface area contributed by atoms with Gasteiger partial charge in [0.15, 0.2) is 0 Å². The molecule has 4 heteroatoms. The Morgan fingerprint density at radius 3 is 2.94 bits per heavy atom. The molecule has 2 fully saturated rings. The van der Waals surface area contributed by atoms with Gasteiger partial charge in [-0.2, -0.15) is 5.26 Å². The molecule has 84 valence electrons. The maximum Gasteiger partial charge on any atom is 0.0907 e. The van der Waals surface area contributed by atoms with Gasteiger partial charge in [-0.25, -0.2) is 0 Å². The van der Waals surface area contributed by atoms with Crippen LogP contribution in [-0.2, 0) is 11.2 Å². The van der Waals surface area contributed by atoms with Crippen LogP contribution >= 0.6 is 27.3 Å². The second-order valence-electron chi connectivity index (χ2n) is 4.68. The predicted octanol–water partition coefficient (Wildman–Crippen LogP) is 3.51. The number of hydrogen-bond donors (Lipinski definition) is 0. The van der Waals surface area contributed by atoms with Gasteiger partial charge in [-0.3, -0.25) is 0 Å². The van der Waals surface area contributed by atoms with Crippen LogP contribution in [0, 0.1) is 16.7 Å². The first-order valence-corrected chi connectivity index (χ1v) is 7.14. The topological polar surface area (TPSA) is 33.0 Å². The molecule has 0 N–H and O–H groups in total. The summed E-state index contributed by atoms with van der Waals surface area (Å²) in [5.74, 6) is 0. The molecule has 2 aliphatic rings. The number of halogens is 1. The van der Waals surface area contributed by atoms with Crippen LogP contribution in [0.1, 0.15) is 24.1 Å². The van der Waals surface area contributed by atoms with Gasteiger partial charge >= 0.3 is 0 Å². The maximum absolute atomic E-state index is 9.47. The van der Waals surface area contributed by atoms with Crippen molar-refractivity contribution in [3.8, 4) is 6.07 Å². The molecule has 3 atom stereocenters. The van der Waals surface area contributed by atoms with Gasteiger partial charge in [0.2, 0.25) is 0 Å². The normalized spacial score (nSPS) is 36.5. The molecule has 0 aliphatic carbocycles. The standard InChI is InChI=1S/C12H12BrNOS/c13-11-4-2-9(16-11)6-12(7-14)5-8-1-3-10(12)15-8/h2,4,8,10H,1,3,5-6H2. The molecule has 0 radical (unpaired) electrons. The van der Waals surface area contributed by atoms with Crippen LogP contribution in [0.4, 0.5) is 0 Å². The van der Waals surface area contributed by atoms with Crippen molar-refractivity contribution in [3.63, 3.8) is 0 Å². The van der Waals surface area contributed by atoms with Crippen molar-refractivity contribution >= 4 is 27.3 Å². The number of hydrogen-bond acceptors (Lipinski definition) is 3. The minimum absolute atomic E-state index is 0.170. The highest BCUT2D eigenvalue weighted by molar-refractivity contribution is 9.11. The lowest BCUT2D eigenvalue weighted by atomic mass is 9.72. The van der Waals surface area contributed by atoms with Crippen LogP contribution < -0.4 is 0 Å². The van der Waals surface area contributed by atoms with Gasteiger partial charge < -0.3 is 4.74 Å². The third-order valence-electron chi connectivity index (χ3n) is 3.66. The number of rotatable bonds is 2. The Labute approximate surface area is 107 Å². The van der Waals surface area contributed by atoms with E-state index in [1.54, 1.807) is 11.3 Å². The van der Waals surface area contributed by atoms with E-state index in [1.807, 2.05) is 0 Å². The molecule has 0 spiro atoms. The lowest BCUT2D eigenvalue weighted by molar-refractivity contribution is 0.0789. The lowest BCUT2D eigenvalue weighted by Gasteiger charge is -2.27. The van der Waals surface area contributed by atoms with Gasteiger partial charge in [0.05, 0.1) is 27.5 Å². The minimum atomic E-state index is -0.257. The van der Waals surface area contributed by atoms with Gasteiger partial charge in [0.25, 0.3) is 0 Å². The highest BCUT2D eigenvalue weighted by Gasteiger charge is 2.52. The largest absolute Gasteiger partial charge is 0.373 e. The van der Waals surface area contributed by atoms with Crippen molar-refractivity contribution in [2.45, 2.75) is 37.9 Å². The molecule has 2 bridgehead atoms. The third kappa shape index (κ3) is 1.62. The van der Waals surface area contributed by atoms with Crippen molar-refractivity contribution in [2.24, 2.45) is 5.41 Å². The van der Waals surface area contributed by atoms with E-state index >= 15 is 0 Å². The molecule has 0 amide bonds. The first kappa shape index (κ1) is 10.8. The number of nitrogens with zero attached hydrogens (tertiary/aromatic N) is 1. The van der Waals surface area contributed by atoms with E-state index in [0.717, 1.165) is 29.5 Å². The fraction of sp³-hybridized carbons (Fsp3) is 0.583. The smallest absolute Gasteiger partial charge is 0.0907 e. The summed E-state index contributed by atoms with van der Waals surface area (Å²) < 4.78 is 6.97. The third-order valence-corrected chi connectivity index (χ3v) is 5.28. The number of nitriles is 1. The van der Waals surface area contributed by atoms with Crippen molar-refractivity contribution < 1.29 is 4.74 Å². The fourth-order valence-electron chi connectivity index (χ4n) is 2.90. The number of ether oxygens (including phenoxy) is 1. The van der Waals surface area contributed by atoms with Gasteiger partial charge in [-0.15, -0.1) is 11.3 Å². The monoisotopic (exact) mass is 297 g/mol. The maximum atomic E-state index is 9.47. The lowest BCUT2D eigenvalue weighted by Crippen LogP contribution is -2.32. The Morgan fingerprint density at radius 2 is 2.44 bits per heavy atom. The predicted molar refractivity (Wildman–Crippen MR) is 66.3 cm³/mol. The summed E-state index contributed by atoms with van der Waals surface area (Å²) >= 11 is 5.19. The quantitative estimate of drug-likeness (QED) is 0.837. The average molecular weight is 298 g/mol. The Bertz CT molecular complexity index is 452. The molecule has 2 aliphatic heterocycles. The summed E-state index contributed by atoms with van der Waals surface area (Å²) in [6.07, 6.45) is 4.48. The minimum Gasteiger partial charge on any atom is -0.373 e. The summed E-state index contributed by atoms with van der Waals surface area (Å²) in [5, 5.41) is 9.47. The summed E-state index contributed by atoms with van der Waals surface area (Å²) in [4.78, 5) is 1.28. The second kappa shape index (κ2) is 3.83. The van der Waals surface area contributed by atoms with E-state index in [1.165, 1.54) is 4.88 Å². The zero-order valence-corrected chi connectivity index (χ0v) is 11.2. The second-order valence-corrected chi connectivity index (χ2v) is 7.23. The number of fused-ring (bicyclic) bond motifs is 2. The first-order valence-electron chi connectivity index (χ1n) is 5.53. The van der Waals surface area contributed by atoms with E-state index in [9.17, 15) is 5.26 Å². The van der Waals surface area contributed by atoms with E-state index in [4.69, 9.17) is 4.74 Å². The highest BCUT2D eigenvalue weighted by atomic mass is 79.9. The molecule has 3 rings (SSSR count). The Hall–Kier alpha value is -0.370. The van der Waals surface area contributed by atoms with E-state index < -0.39 is 0 Å². The Balaban J connectivity index is 1.85. The molecular weight excluding hydrogens is 286 g/mol. The van der Waals surface area contributed by atoms with Gasteiger partial charge in [-0.1, -0.05) is 0 Å². The molecule has 1 aromatic rings. The molecule has 2 saturated heterocycles. The number of thiophene rings is 1. The molecular formula is C12H12BrNOS. The van der Waals surface area contributed by atoms with Crippen LogP contribution in [0.15, 0.2) is 15.9 Å². The first-order chi connectivity index (χ1) is 7.72.